The molecule has 0 unspecified atom stereocenters. The Morgan fingerprint density at radius 3 is 2.34 bits per heavy atom. The van der Waals surface area contributed by atoms with Crippen LogP contribution in [-0.2, 0) is 14.8 Å². The molecule has 0 aliphatic rings. The minimum Gasteiger partial charge on any atom is -0.493 e. The van der Waals surface area contributed by atoms with Crippen LogP contribution in [0.1, 0.15) is 30.6 Å². The molecule has 0 bridgehead atoms. The van der Waals surface area contributed by atoms with Gasteiger partial charge in [-0.3, -0.25) is 9.59 Å². The van der Waals surface area contributed by atoms with Gasteiger partial charge in [0, 0.05) is 19.2 Å². The number of likely N-dealkylation sites (N-methyl/N-ethyl adjacent to an activating group) is 1. The number of nitrogens with one attached hydrogen (secondary N) is 2. The van der Waals surface area contributed by atoms with Crippen LogP contribution in [0.4, 0.5) is 5.69 Å². The molecule has 2 rings (SSSR count). The van der Waals surface area contributed by atoms with E-state index in [0.717, 1.165) is 10.7 Å². The molecule has 2 N–H and O–H groups in total. The first-order chi connectivity index (χ1) is 15.1. The van der Waals surface area contributed by atoms with E-state index < -0.39 is 22.5 Å². The second kappa shape index (κ2) is 11.0. The van der Waals surface area contributed by atoms with Crippen molar-refractivity contribution < 1.29 is 27.5 Å². The molecule has 32 heavy (non-hydrogen) atoms. The summed E-state index contributed by atoms with van der Waals surface area (Å²) in [6, 6.07) is 10.7. The number of carbonyl (C=O) groups is 2. The normalized spacial score (nSPS) is 12.2. The molecule has 0 spiro atoms. The number of amides is 2. The Morgan fingerprint density at radius 2 is 1.72 bits per heavy atom. The van der Waals surface area contributed by atoms with Crippen molar-refractivity contribution in [3.8, 4) is 11.5 Å². The van der Waals surface area contributed by atoms with Crippen molar-refractivity contribution in [2.24, 2.45) is 0 Å². The largest absolute Gasteiger partial charge is 0.493 e. The van der Waals surface area contributed by atoms with Crippen molar-refractivity contribution >= 4 is 27.5 Å². The monoisotopic (exact) mass is 463 g/mol. The Kier molecular flexibility index (Phi) is 8.62. The van der Waals surface area contributed by atoms with Crippen LogP contribution in [0.5, 0.6) is 11.5 Å². The van der Waals surface area contributed by atoms with Gasteiger partial charge < -0.3 is 20.1 Å². The van der Waals surface area contributed by atoms with E-state index in [1.54, 1.807) is 24.3 Å². The van der Waals surface area contributed by atoms with Gasteiger partial charge in [0.1, 0.15) is 0 Å². The third-order valence-electron chi connectivity index (χ3n) is 4.87. The molecule has 1 atom stereocenters. The Hall–Kier alpha value is -3.11. The number of nitrogens with zero attached hydrogens (tertiary/aromatic N) is 1. The molecule has 9 nitrogen and oxygen atoms in total. The zero-order valence-corrected chi connectivity index (χ0v) is 19.7. The molecule has 2 amide bonds. The quantitative estimate of drug-likeness (QED) is 0.560. The molecular formula is C22H29N3O6S. The number of ether oxygens (including phenoxy) is 2. The van der Waals surface area contributed by atoms with Crippen LogP contribution >= 0.6 is 0 Å². The topological polar surface area (TPSA) is 114 Å². The zero-order chi connectivity index (χ0) is 23.9. The van der Waals surface area contributed by atoms with E-state index in [4.69, 9.17) is 9.47 Å². The molecule has 10 heteroatoms. The molecule has 0 radical (unpaired) electrons. The highest BCUT2D eigenvalue weighted by molar-refractivity contribution is 7.89. The second-order valence-corrected chi connectivity index (χ2v) is 9.20. The Morgan fingerprint density at radius 1 is 1.06 bits per heavy atom. The van der Waals surface area contributed by atoms with Gasteiger partial charge in [-0.1, -0.05) is 19.1 Å². The Balaban J connectivity index is 2.16. The van der Waals surface area contributed by atoms with Crippen molar-refractivity contribution in [3.63, 3.8) is 0 Å². The van der Waals surface area contributed by atoms with Crippen LogP contribution in [0.15, 0.2) is 47.4 Å². The minimum atomic E-state index is -3.97. The highest BCUT2D eigenvalue weighted by Crippen LogP contribution is 2.30. The number of anilines is 1. The second-order valence-electron chi connectivity index (χ2n) is 7.15. The minimum absolute atomic E-state index is 0.0241. The third-order valence-corrected chi connectivity index (χ3v) is 6.66. The first-order valence-corrected chi connectivity index (χ1v) is 11.5. The fraction of sp³-hybridized carbons (Fsp3) is 0.364. The van der Waals surface area contributed by atoms with E-state index in [2.05, 4.69) is 10.6 Å². The van der Waals surface area contributed by atoms with Gasteiger partial charge in [0.15, 0.2) is 11.5 Å². The highest BCUT2D eigenvalue weighted by atomic mass is 32.2. The third kappa shape index (κ3) is 5.98. The van der Waals surface area contributed by atoms with E-state index in [1.165, 1.54) is 39.5 Å². The van der Waals surface area contributed by atoms with E-state index in [9.17, 15) is 18.0 Å². The lowest BCUT2D eigenvalue weighted by atomic mass is 10.1. The maximum Gasteiger partial charge on any atom is 0.253 e. The average Bonchev–Trinajstić information content (AvgIpc) is 2.78. The van der Waals surface area contributed by atoms with Gasteiger partial charge in [-0.05, 0) is 37.6 Å². The van der Waals surface area contributed by atoms with Crippen molar-refractivity contribution in [3.05, 3.63) is 48.0 Å². The summed E-state index contributed by atoms with van der Waals surface area (Å²) in [6.45, 7) is 3.39. The lowest BCUT2D eigenvalue weighted by Gasteiger charge is -2.19. The fourth-order valence-corrected chi connectivity index (χ4v) is 3.97. The number of rotatable bonds is 10. The summed E-state index contributed by atoms with van der Waals surface area (Å²) < 4.78 is 37.0. The summed E-state index contributed by atoms with van der Waals surface area (Å²) >= 11 is 0. The van der Waals surface area contributed by atoms with E-state index in [-0.39, 0.29) is 22.6 Å². The van der Waals surface area contributed by atoms with Gasteiger partial charge in [-0.25, -0.2) is 8.42 Å². The number of carbonyl (C=O) groups excluding carboxylic acids is 2. The van der Waals surface area contributed by atoms with Gasteiger partial charge in [0.2, 0.25) is 15.9 Å². The van der Waals surface area contributed by atoms with Crippen molar-refractivity contribution in [1.82, 2.24) is 9.62 Å². The van der Waals surface area contributed by atoms with Crippen LogP contribution in [-0.4, -0.2) is 58.4 Å². The van der Waals surface area contributed by atoms with E-state index in [1.807, 2.05) is 13.8 Å². The van der Waals surface area contributed by atoms with Crippen molar-refractivity contribution in [1.29, 1.82) is 0 Å². The molecule has 0 saturated carbocycles. The van der Waals surface area contributed by atoms with E-state index >= 15 is 0 Å². The lowest BCUT2D eigenvalue weighted by Crippen LogP contribution is -2.36. The lowest BCUT2D eigenvalue weighted by molar-refractivity contribution is -0.116. The molecule has 2 aromatic rings. The molecule has 174 valence electrons. The number of hydrogen-bond acceptors (Lipinski definition) is 6. The fourth-order valence-electron chi connectivity index (χ4n) is 2.83. The molecular weight excluding hydrogens is 434 g/mol. The van der Waals surface area contributed by atoms with Crippen molar-refractivity contribution in [2.75, 3.05) is 33.1 Å². The van der Waals surface area contributed by atoms with Crippen LogP contribution < -0.4 is 20.1 Å². The number of methoxy groups -OCH3 is 2. The van der Waals surface area contributed by atoms with Crippen LogP contribution in [0, 0.1) is 0 Å². The molecule has 0 aliphatic heterocycles. The molecule has 2 aromatic carbocycles. The van der Waals surface area contributed by atoms with Gasteiger partial charge in [0.05, 0.1) is 36.9 Å². The van der Waals surface area contributed by atoms with Gasteiger partial charge in [0.25, 0.3) is 5.91 Å². The summed E-state index contributed by atoms with van der Waals surface area (Å²) in [5.41, 5.74) is 0.599. The van der Waals surface area contributed by atoms with Crippen molar-refractivity contribution in [2.45, 2.75) is 31.2 Å². The number of hydrogen-bond donors (Lipinski definition) is 2. The Bertz CT molecular complexity index is 1070. The standard InChI is InChI=1S/C22H29N3O6S/c1-6-15(2)23-22(27)17-9-7-8-10-18(17)24-21(26)14-25(3)32(28,29)16-11-12-19(30-4)20(13-16)31-5/h7-13,15H,6,14H2,1-5H3,(H,23,27)(H,24,26)/t15-/m0/s1. The Labute approximate surface area is 188 Å². The zero-order valence-electron chi connectivity index (χ0n) is 18.8. The summed E-state index contributed by atoms with van der Waals surface area (Å²) in [6.07, 6.45) is 0.763. The summed E-state index contributed by atoms with van der Waals surface area (Å²) in [4.78, 5) is 25.0. The molecule has 0 aromatic heterocycles. The van der Waals surface area contributed by atoms with Crippen LogP contribution in [0.25, 0.3) is 0 Å². The molecule has 0 heterocycles. The smallest absolute Gasteiger partial charge is 0.253 e. The van der Waals surface area contributed by atoms with E-state index in [0.29, 0.717) is 17.0 Å². The molecule has 0 fully saturated rings. The van der Waals surface area contributed by atoms with Crippen LogP contribution in [0.3, 0.4) is 0 Å². The maximum atomic E-state index is 12.9. The SMILES string of the molecule is CC[C@H](C)NC(=O)c1ccccc1NC(=O)CN(C)S(=O)(=O)c1ccc(OC)c(OC)c1. The summed E-state index contributed by atoms with van der Waals surface area (Å²) in [7, 11) is 0.178. The maximum absolute atomic E-state index is 12.9. The molecule has 0 aliphatic carbocycles. The summed E-state index contributed by atoms with van der Waals surface area (Å²) in [5, 5.41) is 5.47. The number of sulfonamides is 1. The number of para-hydroxylation sites is 1. The molecule has 0 saturated heterocycles. The predicted molar refractivity (Wildman–Crippen MR) is 122 cm³/mol. The first kappa shape index (κ1) is 25.2. The summed E-state index contributed by atoms with van der Waals surface area (Å²) in [5.74, 6) is -0.256. The van der Waals surface area contributed by atoms with Gasteiger partial charge in [-0.2, -0.15) is 4.31 Å². The number of benzene rings is 2. The predicted octanol–water partition coefficient (Wildman–Crippen LogP) is 2.49. The van der Waals surface area contributed by atoms with Crippen LogP contribution in [0.2, 0.25) is 0 Å². The van der Waals surface area contributed by atoms with Gasteiger partial charge in [-0.15, -0.1) is 0 Å². The first-order valence-electron chi connectivity index (χ1n) is 10.0. The average molecular weight is 464 g/mol. The van der Waals surface area contributed by atoms with Gasteiger partial charge >= 0.3 is 0 Å². The highest BCUT2D eigenvalue weighted by Gasteiger charge is 2.25.